The zero-order valence-corrected chi connectivity index (χ0v) is 26.6. The number of carbonyl (C=O) groups is 5. The van der Waals surface area contributed by atoms with Crippen molar-refractivity contribution in [1.29, 1.82) is 0 Å². The SMILES string of the molecule is CCOC(=O)CNC(=O)C(=O)C(COCc1ccccc1)NC(=O)[C@H](C(=O)c1cc(SC)ccc1Cl)C(N)C1CCCCC1. The second-order valence-corrected chi connectivity index (χ2v) is 11.9. The van der Waals surface area contributed by atoms with Gasteiger partial charge in [-0.25, -0.2) is 0 Å². The summed E-state index contributed by atoms with van der Waals surface area (Å²) in [5.74, 6) is -5.72. The van der Waals surface area contributed by atoms with Gasteiger partial charge in [0, 0.05) is 16.5 Å². The summed E-state index contributed by atoms with van der Waals surface area (Å²) in [6.07, 6.45) is 6.28. The third kappa shape index (κ3) is 10.2. The number of rotatable bonds is 16. The zero-order chi connectivity index (χ0) is 32.1. The molecule has 2 unspecified atom stereocenters. The normalized spacial score (nSPS) is 15.5. The maximum absolute atomic E-state index is 14.0. The number of Topliss-reactive ketones (excluding diaryl/α,β-unsaturated/α-hetero) is 2. The number of nitrogens with two attached hydrogens (primary N) is 1. The molecule has 0 heterocycles. The van der Waals surface area contributed by atoms with Crippen molar-refractivity contribution < 1.29 is 33.4 Å². The van der Waals surface area contributed by atoms with Gasteiger partial charge in [-0.05, 0) is 55.7 Å². The van der Waals surface area contributed by atoms with Crippen molar-refractivity contribution in [3.8, 4) is 0 Å². The van der Waals surface area contributed by atoms with E-state index in [-0.39, 0.29) is 36.3 Å². The number of halogens is 1. The Morgan fingerprint density at radius 3 is 2.41 bits per heavy atom. The predicted molar refractivity (Wildman–Crippen MR) is 168 cm³/mol. The standard InChI is InChI=1S/C32H40ClN3O7S/c1-3-43-26(37)17-35-32(41)30(39)25(19-42-18-20-10-6-4-7-11-20)36-31(40)27(28(34)21-12-8-5-9-13-21)29(38)23-16-22(44-2)14-15-24(23)33/h4,6-7,10-11,14-16,21,25,27-28H,3,5,8-9,12-13,17-19,34H2,1-2H3,(H,35,41)(H,36,40)/t25?,27-,28?/m0/s1. The van der Waals surface area contributed by atoms with Gasteiger partial charge in [-0.2, -0.15) is 0 Å². The summed E-state index contributed by atoms with van der Waals surface area (Å²) in [4.78, 5) is 66.5. The highest BCUT2D eigenvalue weighted by molar-refractivity contribution is 7.98. The summed E-state index contributed by atoms with van der Waals surface area (Å²) in [5.41, 5.74) is 7.64. The van der Waals surface area contributed by atoms with Gasteiger partial charge >= 0.3 is 5.97 Å². The van der Waals surface area contributed by atoms with Crippen molar-refractivity contribution >= 4 is 52.7 Å². The van der Waals surface area contributed by atoms with Gasteiger partial charge in [0.2, 0.25) is 11.7 Å². The Bertz CT molecular complexity index is 1300. The molecule has 10 nitrogen and oxygen atoms in total. The molecule has 2 aromatic rings. The van der Waals surface area contributed by atoms with E-state index in [0.29, 0.717) is 0 Å². The largest absolute Gasteiger partial charge is 0.465 e. The van der Waals surface area contributed by atoms with Gasteiger partial charge in [-0.15, -0.1) is 11.8 Å². The molecule has 238 valence electrons. The number of thioether (sulfide) groups is 1. The van der Waals surface area contributed by atoms with Gasteiger partial charge in [0.15, 0.2) is 5.78 Å². The summed E-state index contributed by atoms with van der Waals surface area (Å²) in [6.45, 7) is 0.929. The third-order valence-electron chi connectivity index (χ3n) is 7.53. The molecule has 1 aliphatic carbocycles. The number of esters is 1. The number of hydrogen-bond acceptors (Lipinski definition) is 9. The van der Waals surface area contributed by atoms with Crippen LogP contribution in [0.3, 0.4) is 0 Å². The molecule has 0 spiro atoms. The van der Waals surface area contributed by atoms with Gasteiger partial charge in [0.05, 0.1) is 24.8 Å². The molecular weight excluding hydrogens is 606 g/mol. The van der Waals surface area contributed by atoms with Gasteiger partial charge in [-0.3, -0.25) is 24.0 Å². The van der Waals surface area contributed by atoms with Gasteiger partial charge in [0.1, 0.15) is 18.5 Å². The van der Waals surface area contributed by atoms with E-state index < -0.39 is 53.9 Å². The van der Waals surface area contributed by atoms with E-state index in [9.17, 15) is 24.0 Å². The van der Waals surface area contributed by atoms with Crippen LogP contribution in [0.4, 0.5) is 0 Å². The lowest BCUT2D eigenvalue weighted by Gasteiger charge is -2.33. The van der Waals surface area contributed by atoms with Crippen LogP contribution in [0, 0.1) is 11.8 Å². The molecule has 0 aromatic heterocycles. The van der Waals surface area contributed by atoms with Crippen molar-refractivity contribution in [2.24, 2.45) is 17.6 Å². The van der Waals surface area contributed by atoms with Crippen LogP contribution in [0.25, 0.3) is 0 Å². The Kier molecular flexibility index (Phi) is 14.3. The van der Waals surface area contributed by atoms with Crippen molar-refractivity contribution in [2.45, 2.75) is 62.6 Å². The first-order valence-corrected chi connectivity index (χ1v) is 16.3. The first-order valence-electron chi connectivity index (χ1n) is 14.7. The fraction of sp³-hybridized carbons (Fsp3) is 0.469. The molecule has 2 amide bonds. The molecule has 4 N–H and O–H groups in total. The minimum atomic E-state index is -1.46. The summed E-state index contributed by atoms with van der Waals surface area (Å²) in [7, 11) is 0. The molecule has 44 heavy (non-hydrogen) atoms. The third-order valence-corrected chi connectivity index (χ3v) is 8.59. The molecule has 1 fully saturated rings. The number of ether oxygens (including phenoxy) is 2. The van der Waals surface area contributed by atoms with E-state index in [1.54, 1.807) is 25.1 Å². The lowest BCUT2D eigenvalue weighted by molar-refractivity contribution is -0.146. The number of carbonyl (C=O) groups excluding carboxylic acids is 5. The molecule has 0 saturated heterocycles. The highest BCUT2D eigenvalue weighted by Crippen LogP contribution is 2.32. The molecule has 2 aromatic carbocycles. The van der Waals surface area contributed by atoms with Gasteiger partial charge < -0.3 is 25.8 Å². The number of amides is 2. The number of hydrogen-bond donors (Lipinski definition) is 3. The van der Waals surface area contributed by atoms with E-state index in [2.05, 4.69) is 10.6 Å². The van der Waals surface area contributed by atoms with Crippen LogP contribution in [0.1, 0.15) is 54.9 Å². The maximum atomic E-state index is 14.0. The van der Waals surface area contributed by atoms with E-state index in [0.717, 1.165) is 42.6 Å². The van der Waals surface area contributed by atoms with Crippen LogP contribution in [0.2, 0.25) is 5.02 Å². The second-order valence-electron chi connectivity index (χ2n) is 10.6. The smallest absolute Gasteiger partial charge is 0.325 e. The fourth-order valence-corrected chi connectivity index (χ4v) is 5.82. The van der Waals surface area contributed by atoms with Crippen LogP contribution in [-0.2, 0) is 35.3 Å². The zero-order valence-electron chi connectivity index (χ0n) is 25.0. The molecule has 3 rings (SSSR count). The quantitative estimate of drug-likeness (QED) is 0.0815. The van der Waals surface area contributed by atoms with Crippen LogP contribution >= 0.6 is 23.4 Å². The van der Waals surface area contributed by atoms with Gasteiger partial charge in [-0.1, -0.05) is 61.2 Å². The summed E-state index contributed by atoms with van der Waals surface area (Å²) in [6, 6.07) is 11.8. The predicted octanol–water partition coefficient (Wildman–Crippen LogP) is 3.72. The van der Waals surface area contributed by atoms with Crippen molar-refractivity contribution in [1.82, 2.24) is 10.6 Å². The second kappa shape index (κ2) is 17.9. The number of ketones is 2. The number of nitrogens with one attached hydrogen (secondary N) is 2. The lowest BCUT2D eigenvalue weighted by Crippen LogP contribution is -2.56. The highest BCUT2D eigenvalue weighted by Gasteiger charge is 2.40. The van der Waals surface area contributed by atoms with Crippen molar-refractivity contribution in [2.75, 3.05) is 26.0 Å². The minimum Gasteiger partial charge on any atom is -0.465 e. The van der Waals surface area contributed by atoms with Crippen molar-refractivity contribution in [3.63, 3.8) is 0 Å². The van der Waals surface area contributed by atoms with Crippen LogP contribution in [-0.4, -0.2) is 67.4 Å². The first kappa shape index (κ1) is 35.2. The molecule has 1 aliphatic rings. The Morgan fingerprint density at radius 2 is 1.75 bits per heavy atom. The van der Waals surface area contributed by atoms with Crippen LogP contribution in [0.15, 0.2) is 53.4 Å². The molecule has 12 heteroatoms. The Morgan fingerprint density at radius 1 is 1.05 bits per heavy atom. The topological polar surface area (TPSA) is 154 Å². The maximum Gasteiger partial charge on any atom is 0.325 e. The molecule has 3 atom stereocenters. The summed E-state index contributed by atoms with van der Waals surface area (Å²) in [5, 5.41) is 4.98. The van der Waals surface area contributed by atoms with E-state index in [1.807, 2.05) is 36.6 Å². The lowest BCUT2D eigenvalue weighted by atomic mass is 9.76. The van der Waals surface area contributed by atoms with Crippen LogP contribution in [0.5, 0.6) is 0 Å². The monoisotopic (exact) mass is 645 g/mol. The average molecular weight is 646 g/mol. The summed E-state index contributed by atoms with van der Waals surface area (Å²) < 4.78 is 10.5. The molecule has 0 bridgehead atoms. The molecule has 0 aliphatic heterocycles. The van der Waals surface area contributed by atoms with E-state index in [4.69, 9.17) is 26.8 Å². The van der Waals surface area contributed by atoms with E-state index in [1.165, 1.54) is 11.8 Å². The Labute approximate surface area is 267 Å². The van der Waals surface area contributed by atoms with E-state index >= 15 is 0 Å². The van der Waals surface area contributed by atoms with Gasteiger partial charge in [0.25, 0.3) is 5.91 Å². The van der Waals surface area contributed by atoms with Crippen molar-refractivity contribution in [3.05, 3.63) is 64.7 Å². The van der Waals surface area contributed by atoms with Crippen LogP contribution < -0.4 is 16.4 Å². The fourth-order valence-electron chi connectivity index (χ4n) is 5.17. The minimum absolute atomic E-state index is 0.0951. The number of benzene rings is 2. The average Bonchev–Trinajstić information content (AvgIpc) is 3.04. The molecule has 1 saturated carbocycles. The summed E-state index contributed by atoms with van der Waals surface area (Å²) >= 11 is 7.85. The Balaban J connectivity index is 1.88. The highest BCUT2D eigenvalue weighted by atomic mass is 35.5. The first-order chi connectivity index (χ1) is 21.2. The molecular formula is C32H40ClN3O7S. The molecule has 0 radical (unpaired) electrons. The Hall–Kier alpha value is -3.25.